The Hall–Kier alpha value is -5.46. The highest BCUT2D eigenvalue weighted by Gasteiger charge is 2.26. The van der Waals surface area contributed by atoms with Crippen molar-refractivity contribution < 1.29 is 33.3 Å². The summed E-state index contributed by atoms with van der Waals surface area (Å²) in [4.78, 5) is 37.1. The summed E-state index contributed by atoms with van der Waals surface area (Å²) in [7, 11) is 4.09. The molecule has 5 N–H and O–H groups in total. The van der Waals surface area contributed by atoms with Gasteiger partial charge < -0.3 is 25.1 Å². The predicted molar refractivity (Wildman–Crippen MR) is 151 cm³/mol. The van der Waals surface area contributed by atoms with Crippen LogP contribution in [0.1, 0.15) is 45.7 Å². The van der Waals surface area contributed by atoms with Gasteiger partial charge in [0.1, 0.15) is 17.5 Å². The van der Waals surface area contributed by atoms with Crippen molar-refractivity contribution in [3.8, 4) is 17.2 Å². The number of nitrogen functional groups attached to an aromatic ring is 1. The number of esters is 1. The Bertz CT molecular complexity index is 1640. The summed E-state index contributed by atoms with van der Waals surface area (Å²) in [6.45, 7) is 1.08. The number of aliphatic carboxylic acids is 1. The topological polar surface area (TPSA) is 183 Å². The molecule has 0 saturated carbocycles. The number of nitrogens with one attached hydrogen (secondary N) is 2. The third kappa shape index (κ3) is 7.18. The first-order valence-corrected chi connectivity index (χ1v) is 12.4. The number of halogens is 1. The van der Waals surface area contributed by atoms with Crippen molar-refractivity contribution in [2.75, 3.05) is 21.3 Å². The van der Waals surface area contributed by atoms with Crippen molar-refractivity contribution in [2.45, 2.75) is 19.3 Å². The number of rotatable bonds is 9. The van der Waals surface area contributed by atoms with E-state index in [0.29, 0.717) is 11.3 Å². The van der Waals surface area contributed by atoms with Crippen LogP contribution in [0.2, 0.25) is 0 Å². The molecule has 0 bridgehead atoms. The fourth-order valence-corrected chi connectivity index (χ4v) is 4.15. The van der Waals surface area contributed by atoms with Crippen molar-refractivity contribution >= 4 is 17.8 Å². The molecular formula is C29H30FN5O7. The van der Waals surface area contributed by atoms with Crippen molar-refractivity contribution in [1.29, 1.82) is 5.41 Å². The lowest BCUT2D eigenvalue weighted by Crippen LogP contribution is -2.19. The van der Waals surface area contributed by atoms with Gasteiger partial charge in [-0.25, -0.2) is 14.0 Å². The van der Waals surface area contributed by atoms with Crippen molar-refractivity contribution in [3.63, 3.8) is 0 Å². The van der Waals surface area contributed by atoms with E-state index in [-0.39, 0.29) is 40.6 Å². The van der Waals surface area contributed by atoms with Crippen LogP contribution in [0.5, 0.6) is 11.5 Å². The largest absolute Gasteiger partial charge is 0.493 e. The molecule has 13 heteroatoms. The number of carboxylic acid groups (broad SMARTS) is 1. The molecule has 220 valence electrons. The number of H-pyrrole nitrogens is 1. The summed E-state index contributed by atoms with van der Waals surface area (Å²) in [6.07, 6.45) is 0.232. The molecule has 1 aromatic heterocycles. The van der Waals surface area contributed by atoms with Gasteiger partial charge in [-0.1, -0.05) is 36.4 Å². The first-order valence-electron chi connectivity index (χ1n) is 12.4. The zero-order valence-electron chi connectivity index (χ0n) is 23.3. The van der Waals surface area contributed by atoms with Crippen molar-refractivity contribution in [3.05, 3.63) is 105 Å². The van der Waals surface area contributed by atoms with Crippen molar-refractivity contribution in [2.24, 2.45) is 5.73 Å². The molecule has 4 aromatic rings. The first kappa shape index (κ1) is 31.1. The van der Waals surface area contributed by atoms with Gasteiger partial charge in [0.15, 0.2) is 11.5 Å². The normalized spacial score (nSPS) is 11.1. The Labute approximate surface area is 240 Å². The lowest BCUT2D eigenvalue weighted by atomic mass is 9.90. The number of hydrogen-bond donors (Lipinski definition) is 4. The lowest BCUT2D eigenvalue weighted by molar-refractivity contribution is -0.134. The number of carbonyl (C=O) groups excluding carboxylic acids is 1. The monoisotopic (exact) mass is 579 g/mol. The molecule has 0 radical (unpaired) electrons. The number of ether oxygens (including phenoxy) is 3. The van der Waals surface area contributed by atoms with E-state index in [1.807, 2.05) is 0 Å². The minimum Gasteiger partial charge on any atom is -0.493 e. The molecule has 4 rings (SSSR count). The molecule has 0 spiro atoms. The van der Waals surface area contributed by atoms with E-state index in [4.69, 9.17) is 35.3 Å². The SMILES string of the molecule is CC(=O)O.COC(=O)c1ccccc1-n1nc(C(Cc2ccc(C(=N)N)cc2)c2cc(OC)c(OC)cc2F)[nH]c1=O. The standard InChI is InChI=1S/C27H26FN5O5.C2H4O2/c1-36-22-13-18(20(28)14-23(22)37-2)19(12-15-8-10-16(11-9-15)24(29)30)25-31-27(35)33(32-25)21-7-5-4-6-17(21)26(34)38-3;1-2(3)4/h4-11,13-14,19H,12H2,1-3H3,(H3,29,30)(H,31,32,35);1H3,(H,3,4). The quantitative estimate of drug-likeness (QED) is 0.131. The average molecular weight is 580 g/mol. The maximum absolute atomic E-state index is 15.4. The van der Waals surface area contributed by atoms with E-state index in [1.165, 1.54) is 39.5 Å². The number of nitrogens with zero attached hydrogens (tertiary/aromatic N) is 2. The number of carbonyl (C=O) groups is 2. The molecule has 1 unspecified atom stereocenters. The fourth-order valence-electron chi connectivity index (χ4n) is 4.15. The number of aromatic amines is 1. The summed E-state index contributed by atoms with van der Waals surface area (Å²) in [5, 5.41) is 19.5. The Morgan fingerprint density at radius 3 is 2.24 bits per heavy atom. The van der Waals surface area contributed by atoms with Gasteiger partial charge in [-0.05, 0) is 30.2 Å². The Morgan fingerprint density at radius 2 is 1.67 bits per heavy atom. The van der Waals surface area contributed by atoms with E-state index in [1.54, 1.807) is 42.5 Å². The Balaban J connectivity index is 0.00000114. The number of nitrogens with two attached hydrogens (primary N) is 1. The smallest absolute Gasteiger partial charge is 0.348 e. The molecule has 0 aliphatic heterocycles. The molecule has 0 aliphatic carbocycles. The highest BCUT2D eigenvalue weighted by atomic mass is 19.1. The minimum absolute atomic E-state index is 0.0774. The maximum atomic E-state index is 15.4. The van der Waals surface area contributed by atoms with E-state index in [0.717, 1.165) is 17.2 Å². The van der Waals surface area contributed by atoms with E-state index in [9.17, 15) is 9.59 Å². The molecule has 0 fully saturated rings. The van der Waals surface area contributed by atoms with Gasteiger partial charge >= 0.3 is 11.7 Å². The number of hydrogen-bond acceptors (Lipinski definition) is 8. The molecule has 42 heavy (non-hydrogen) atoms. The zero-order valence-corrected chi connectivity index (χ0v) is 23.3. The van der Waals surface area contributed by atoms with Crippen LogP contribution in [0, 0.1) is 11.2 Å². The molecule has 0 amide bonds. The molecule has 0 saturated heterocycles. The summed E-state index contributed by atoms with van der Waals surface area (Å²) in [6, 6.07) is 16.0. The fraction of sp³-hybridized carbons (Fsp3) is 0.207. The average Bonchev–Trinajstić information content (AvgIpc) is 3.36. The summed E-state index contributed by atoms with van der Waals surface area (Å²) in [5.41, 5.74) is 6.83. The Kier molecular flexibility index (Phi) is 10.2. The van der Waals surface area contributed by atoms with Crippen LogP contribution in [0.3, 0.4) is 0 Å². The van der Waals surface area contributed by atoms with Gasteiger partial charge in [-0.15, -0.1) is 5.10 Å². The number of benzene rings is 3. The van der Waals surface area contributed by atoms with Crippen LogP contribution in [-0.4, -0.2) is 59.0 Å². The van der Waals surface area contributed by atoms with Gasteiger partial charge in [0.2, 0.25) is 0 Å². The number of methoxy groups -OCH3 is 3. The van der Waals surface area contributed by atoms with Crippen LogP contribution in [0.4, 0.5) is 4.39 Å². The molecule has 0 aliphatic rings. The number of para-hydroxylation sites is 1. The second-order valence-corrected chi connectivity index (χ2v) is 8.85. The van der Waals surface area contributed by atoms with Gasteiger partial charge in [-0.3, -0.25) is 15.2 Å². The molecule has 12 nitrogen and oxygen atoms in total. The van der Waals surface area contributed by atoms with E-state index >= 15 is 4.39 Å². The third-order valence-electron chi connectivity index (χ3n) is 6.09. The summed E-state index contributed by atoms with van der Waals surface area (Å²) in [5.74, 6) is -2.22. The highest BCUT2D eigenvalue weighted by Crippen LogP contribution is 2.36. The van der Waals surface area contributed by atoms with Crippen LogP contribution < -0.4 is 20.9 Å². The summed E-state index contributed by atoms with van der Waals surface area (Å²) < 4.78 is 31.9. The third-order valence-corrected chi connectivity index (χ3v) is 6.09. The van der Waals surface area contributed by atoms with Crippen LogP contribution in [0.25, 0.3) is 5.69 Å². The van der Waals surface area contributed by atoms with Gasteiger partial charge in [0.25, 0.3) is 5.97 Å². The molecule has 1 heterocycles. The molecular weight excluding hydrogens is 549 g/mol. The maximum Gasteiger partial charge on any atom is 0.348 e. The van der Waals surface area contributed by atoms with Gasteiger partial charge in [0, 0.05) is 24.1 Å². The molecule has 1 atom stereocenters. The predicted octanol–water partition coefficient (Wildman–Crippen LogP) is 3.25. The zero-order chi connectivity index (χ0) is 31.0. The highest BCUT2D eigenvalue weighted by molar-refractivity contribution is 5.95. The Morgan fingerprint density at radius 1 is 1.07 bits per heavy atom. The van der Waals surface area contributed by atoms with E-state index in [2.05, 4.69) is 10.1 Å². The first-order chi connectivity index (χ1) is 20.0. The number of amidine groups is 1. The second kappa shape index (κ2) is 13.7. The van der Waals surface area contributed by atoms with Crippen LogP contribution in [0.15, 0.2) is 65.5 Å². The van der Waals surface area contributed by atoms with Crippen LogP contribution in [-0.2, 0) is 16.0 Å². The van der Waals surface area contributed by atoms with Crippen molar-refractivity contribution in [1.82, 2.24) is 14.8 Å². The van der Waals surface area contributed by atoms with Gasteiger partial charge in [0.05, 0.1) is 38.5 Å². The van der Waals surface area contributed by atoms with E-state index < -0.39 is 29.4 Å². The minimum atomic E-state index is -0.833. The van der Waals surface area contributed by atoms with Gasteiger partial charge in [-0.2, -0.15) is 4.68 Å². The molecule has 3 aromatic carbocycles. The summed E-state index contributed by atoms with van der Waals surface area (Å²) >= 11 is 0. The number of aromatic nitrogens is 3. The lowest BCUT2D eigenvalue weighted by Gasteiger charge is -2.18. The van der Waals surface area contributed by atoms with Crippen LogP contribution >= 0.6 is 0 Å². The number of carboxylic acids is 1. The second-order valence-electron chi connectivity index (χ2n) is 8.85.